The van der Waals surface area contributed by atoms with Crippen LogP contribution in [-0.2, 0) is 0 Å². The first-order chi connectivity index (χ1) is 11.5. The number of hydrogen-bond acceptors (Lipinski definition) is 4. The Balaban J connectivity index is 1.60. The number of nitrogens with zero attached hydrogens (tertiary/aromatic N) is 3. The highest BCUT2D eigenvalue weighted by Gasteiger charge is 2.35. The molecule has 1 aromatic heterocycles. The maximum absolute atomic E-state index is 11.7. The topological polar surface area (TPSA) is 70.4 Å². The molecule has 2 heterocycles. The Morgan fingerprint density at radius 3 is 2.88 bits per heavy atom. The quantitative estimate of drug-likeness (QED) is 0.881. The van der Waals surface area contributed by atoms with E-state index in [0.29, 0.717) is 5.69 Å². The zero-order valence-electron chi connectivity index (χ0n) is 14.9. The third kappa shape index (κ3) is 3.98. The fourth-order valence-electron chi connectivity index (χ4n) is 4.06. The molecule has 3 rings (SSSR count). The molecule has 6 nitrogen and oxygen atoms in total. The second-order valence-corrected chi connectivity index (χ2v) is 7.70. The van der Waals surface area contributed by atoms with Gasteiger partial charge in [0.15, 0.2) is 0 Å². The first kappa shape index (κ1) is 17.4. The summed E-state index contributed by atoms with van der Waals surface area (Å²) in [6.45, 7) is 4.97. The largest absolute Gasteiger partial charge is 0.389 e. The molecule has 1 saturated carbocycles. The van der Waals surface area contributed by atoms with Crippen LogP contribution in [-0.4, -0.2) is 58.0 Å². The summed E-state index contributed by atoms with van der Waals surface area (Å²) in [5.41, 5.74) is -0.0549. The van der Waals surface area contributed by atoms with Crippen LogP contribution in [0.5, 0.6) is 0 Å². The van der Waals surface area contributed by atoms with Crippen molar-refractivity contribution in [3.63, 3.8) is 0 Å². The number of aliphatic hydroxyl groups is 1. The Labute approximate surface area is 144 Å². The SMILES string of the molecule is CNC(=O)c1ccn([C@@H]2CCCN(CC3(O)CCC(C)CC3)C2)n1. The van der Waals surface area contributed by atoms with Crippen LogP contribution < -0.4 is 5.32 Å². The molecule has 1 aliphatic carbocycles. The molecule has 1 aromatic rings. The van der Waals surface area contributed by atoms with E-state index in [0.717, 1.165) is 64.1 Å². The van der Waals surface area contributed by atoms with Crippen LogP contribution in [0.3, 0.4) is 0 Å². The number of β-amino-alcohol motifs (C(OH)–C–C–N with tert-alkyl or cyclic N) is 1. The number of amides is 1. The van der Waals surface area contributed by atoms with Crippen molar-refractivity contribution in [1.82, 2.24) is 20.0 Å². The summed E-state index contributed by atoms with van der Waals surface area (Å²) in [6, 6.07) is 2.05. The zero-order valence-corrected chi connectivity index (χ0v) is 14.9. The molecule has 1 saturated heterocycles. The minimum absolute atomic E-state index is 0.146. The molecule has 2 N–H and O–H groups in total. The molecule has 2 fully saturated rings. The van der Waals surface area contributed by atoms with Crippen molar-refractivity contribution >= 4 is 5.91 Å². The van der Waals surface area contributed by atoms with E-state index in [9.17, 15) is 9.90 Å². The molecule has 134 valence electrons. The second-order valence-electron chi connectivity index (χ2n) is 7.70. The highest BCUT2D eigenvalue weighted by molar-refractivity contribution is 5.91. The molecule has 1 aliphatic heterocycles. The van der Waals surface area contributed by atoms with Gasteiger partial charge in [-0.25, -0.2) is 0 Å². The number of aromatic nitrogens is 2. The molecular formula is C18H30N4O2. The summed E-state index contributed by atoms with van der Waals surface area (Å²) < 4.78 is 1.92. The van der Waals surface area contributed by atoms with Crippen molar-refractivity contribution in [2.45, 2.75) is 57.1 Å². The first-order valence-electron chi connectivity index (χ1n) is 9.21. The maximum Gasteiger partial charge on any atom is 0.271 e. The lowest BCUT2D eigenvalue weighted by atomic mass is 9.79. The third-order valence-corrected chi connectivity index (χ3v) is 5.65. The lowest BCUT2D eigenvalue weighted by Gasteiger charge is -2.41. The molecule has 1 atom stereocenters. The number of hydrogen-bond donors (Lipinski definition) is 2. The van der Waals surface area contributed by atoms with Crippen molar-refractivity contribution in [2.24, 2.45) is 5.92 Å². The van der Waals surface area contributed by atoms with Crippen molar-refractivity contribution in [1.29, 1.82) is 0 Å². The maximum atomic E-state index is 11.7. The number of likely N-dealkylation sites (tertiary alicyclic amines) is 1. The average molecular weight is 334 g/mol. The number of carbonyl (C=O) groups is 1. The molecule has 6 heteroatoms. The fraction of sp³-hybridized carbons (Fsp3) is 0.778. The summed E-state index contributed by atoms with van der Waals surface area (Å²) in [4.78, 5) is 14.1. The standard InChI is InChI=1S/C18H30N4O2/c1-14-5-8-18(24,9-6-14)13-21-10-3-4-15(12-21)22-11-7-16(20-22)17(23)19-2/h7,11,14-15,24H,3-6,8-10,12-13H2,1-2H3,(H,19,23)/t14?,15-,18?/m1/s1. The van der Waals surface area contributed by atoms with Crippen LogP contribution in [0.25, 0.3) is 0 Å². The highest BCUT2D eigenvalue weighted by atomic mass is 16.3. The van der Waals surface area contributed by atoms with Crippen LogP contribution >= 0.6 is 0 Å². The smallest absolute Gasteiger partial charge is 0.271 e. The van der Waals surface area contributed by atoms with E-state index < -0.39 is 5.60 Å². The van der Waals surface area contributed by atoms with Crippen molar-refractivity contribution < 1.29 is 9.90 Å². The molecule has 0 aromatic carbocycles. The monoisotopic (exact) mass is 334 g/mol. The van der Waals surface area contributed by atoms with Gasteiger partial charge in [-0.2, -0.15) is 5.10 Å². The summed E-state index contributed by atoms with van der Waals surface area (Å²) in [5, 5.41) is 17.9. The van der Waals surface area contributed by atoms with Crippen LogP contribution in [0.15, 0.2) is 12.3 Å². The molecule has 1 amide bonds. The van der Waals surface area contributed by atoms with Gasteiger partial charge in [-0.3, -0.25) is 14.4 Å². The van der Waals surface area contributed by atoms with E-state index in [1.807, 2.05) is 10.9 Å². The van der Waals surface area contributed by atoms with E-state index in [1.54, 1.807) is 13.1 Å². The zero-order chi connectivity index (χ0) is 17.2. The summed E-state index contributed by atoms with van der Waals surface area (Å²) in [7, 11) is 1.62. The summed E-state index contributed by atoms with van der Waals surface area (Å²) in [6.07, 6.45) is 8.16. The van der Waals surface area contributed by atoms with Gasteiger partial charge in [0, 0.05) is 26.3 Å². The van der Waals surface area contributed by atoms with Crippen LogP contribution in [0.2, 0.25) is 0 Å². The minimum Gasteiger partial charge on any atom is -0.389 e. The Kier molecular flexibility index (Phi) is 5.25. The van der Waals surface area contributed by atoms with Gasteiger partial charge >= 0.3 is 0 Å². The normalized spacial score (nSPS) is 31.8. The molecule has 24 heavy (non-hydrogen) atoms. The molecule has 0 bridgehead atoms. The number of rotatable bonds is 4. The summed E-state index contributed by atoms with van der Waals surface area (Å²) in [5.74, 6) is 0.596. The van der Waals surface area contributed by atoms with Gasteiger partial charge in [0.2, 0.25) is 0 Å². The van der Waals surface area contributed by atoms with Gasteiger partial charge in [0.25, 0.3) is 5.91 Å². The molecule has 0 spiro atoms. The van der Waals surface area contributed by atoms with Gasteiger partial charge in [0.1, 0.15) is 5.69 Å². The van der Waals surface area contributed by atoms with E-state index in [2.05, 4.69) is 22.2 Å². The van der Waals surface area contributed by atoms with Crippen LogP contribution in [0.4, 0.5) is 0 Å². The van der Waals surface area contributed by atoms with Crippen molar-refractivity contribution in [3.05, 3.63) is 18.0 Å². The second kappa shape index (κ2) is 7.23. The first-order valence-corrected chi connectivity index (χ1v) is 9.21. The van der Waals surface area contributed by atoms with E-state index in [1.165, 1.54) is 0 Å². The number of carbonyl (C=O) groups excluding carboxylic acids is 1. The fourth-order valence-corrected chi connectivity index (χ4v) is 4.06. The molecular weight excluding hydrogens is 304 g/mol. The van der Waals surface area contributed by atoms with Gasteiger partial charge in [-0.15, -0.1) is 0 Å². The van der Waals surface area contributed by atoms with Crippen molar-refractivity contribution in [3.8, 4) is 0 Å². The minimum atomic E-state index is -0.522. The van der Waals surface area contributed by atoms with Crippen LogP contribution in [0, 0.1) is 5.92 Å². The van der Waals surface area contributed by atoms with E-state index in [-0.39, 0.29) is 11.9 Å². The lowest BCUT2D eigenvalue weighted by Crippen LogP contribution is -2.48. The van der Waals surface area contributed by atoms with E-state index >= 15 is 0 Å². The van der Waals surface area contributed by atoms with Gasteiger partial charge in [-0.05, 0) is 57.1 Å². The summed E-state index contributed by atoms with van der Waals surface area (Å²) >= 11 is 0. The molecule has 2 aliphatic rings. The Morgan fingerprint density at radius 1 is 1.42 bits per heavy atom. The van der Waals surface area contributed by atoms with E-state index in [4.69, 9.17) is 0 Å². The van der Waals surface area contributed by atoms with Gasteiger partial charge in [-0.1, -0.05) is 6.92 Å². The number of nitrogens with one attached hydrogen (secondary N) is 1. The Morgan fingerprint density at radius 2 is 2.17 bits per heavy atom. The third-order valence-electron chi connectivity index (χ3n) is 5.65. The van der Waals surface area contributed by atoms with Crippen molar-refractivity contribution in [2.75, 3.05) is 26.7 Å². The average Bonchev–Trinajstić information content (AvgIpc) is 3.07. The number of piperidine rings is 1. The van der Waals surface area contributed by atoms with Gasteiger partial charge in [0.05, 0.1) is 11.6 Å². The predicted molar refractivity (Wildman–Crippen MR) is 92.9 cm³/mol. The Hall–Kier alpha value is -1.40. The highest BCUT2D eigenvalue weighted by Crippen LogP contribution is 2.33. The van der Waals surface area contributed by atoms with Gasteiger partial charge < -0.3 is 10.4 Å². The molecule has 0 radical (unpaired) electrons. The van der Waals surface area contributed by atoms with Crippen LogP contribution in [0.1, 0.15) is 62.0 Å². The predicted octanol–water partition coefficient (Wildman–Crippen LogP) is 1.82. The lowest BCUT2D eigenvalue weighted by molar-refractivity contribution is -0.0421. The molecule has 0 unspecified atom stereocenters. The Bertz CT molecular complexity index is 563.